The molecule has 26 heavy (non-hydrogen) atoms. The molecule has 1 aromatic carbocycles. The first-order chi connectivity index (χ1) is 12.7. The van der Waals surface area contributed by atoms with Crippen LogP contribution in [0.15, 0.2) is 30.3 Å². The van der Waals surface area contributed by atoms with Crippen molar-refractivity contribution in [1.82, 2.24) is 15.1 Å². The number of rotatable bonds is 7. The Morgan fingerprint density at radius 3 is 2.42 bits per heavy atom. The molecule has 0 bridgehead atoms. The zero-order chi connectivity index (χ0) is 18.2. The largest absolute Gasteiger partial charge is 0.337 e. The molecule has 2 fully saturated rings. The van der Waals surface area contributed by atoms with Gasteiger partial charge in [-0.3, -0.25) is 9.69 Å². The molecule has 1 saturated heterocycles. The van der Waals surface area contributed by atoms with Gasteiger partial charge >= 0.3 is 0 Å². The van der Waals surface area contributed by atoms with Crippen molar-refractivity contribution in [2.45, 2.75) is 57.5 Å². The maximum absolute atomic E-state index is 13.1. The quantitative estimate of drug-likeness (QED) is 0.813. The number of nitrogens with zero attached hydrogens (tertiary/aromatic N) is 2. The predicted molar refractivity (Wildman–Crippen MR) is 107 cm³/mol. The highest BCUT2D eigenvalue weighted by molar-refractivity contribution is 5.78. The van der Waals surface area contributed by atoms with Crippen LogP contribution in [-0.2, 0) is 11.3 Å². The molecule has 2 aliphatic rings. The second-order valence-corrected chi connectivity index (χ2v) is 8.16. The van der Waals surface area contributed by atoms with Gasteiger partial charge in [-0.15, -0.1) is 0 Å². The predicted octanol–water partition coefficient (Wildman–Crippen LogP) is 3.28. The Labute approximate surface area is 158 Å². The van der Waals surface area contributed by atoms with Gasteiger partial charge in [-0.05, 0) is 57.3 Å². The van der Waals surface area contributed by atoms with Gasteiger partial charge in [0, 0.05) is 19.1 Å². The summed E-state index contributed by atoms with van der Waals surface area (Å²) in [4.78, 5) is 17.6. The topological polar surface area (TPSA) is 35.6 Å². The van der Waals surface area contributed by atoms with Crippen molar-refractivity contribution >= 4 is 5.91 Å². The maximum Gasteiger partial charge on any atom is 0.237 e. The number of likely N-dealkylation sites (N-methyl/N-ethyl adjacent to an activating group) is 1. The first kappa shape index (κ1) is 19.4. The number of carbonyl (C=O) groups excluding carboxylic acids is 1. The number of hydrogen-bond donors (Lipinski definition) is 1. The van der Waals surface area contributed by atoms with Gasteiger partial charge in [0.1, 0.15) is 0 Å². The second-order valence-electron chi connectivity index (χ2n) is 8.16. The third kappa shape index (κ3) is 5.82. The Hall–Kier alpha value is -1.39. The molecule has 4 heteroatoms. The van der Waals surface area contributed by atoms with Gasteiger partial charge < -0.3 is 10.2 Å². The average Bonchev–Trinajstić information content (AvgIpc) is 2.69. The van der Waals surface area contributed by atoms with Crippen LogP contribution in [0.1, 0.15) is 50.5 Å². The van der Waals surface area contributed by atoms with Crippen molar-refractivity contribution in [2.75, 3.05) is 33.2 Å². The number of carbonyl (C=O) groups is 1. The number of nitrogens with one attached hydrogen (secondary N) is 1. The van der Waals surface area contributed by atoms with E-state index in [1.807, 2.05) is 6.07 Å². The zero-order valence-electron chi connectivity index (χ0n) is 16.3. The van der Waals surface area contributed by atoms with E-state index in [-0.39, 0.29) is 0 Å². The number of piperidine rings is 1. The SMILES string of the molecule is CN(CC(=O)N(Cc1ccccc1)CC1CCCCC1)C1CCNCC1. The van der Waals surface area contributed by atoms with Crippen molar-refractivity contribution in [2.24, 2.45) is 5.92 Å². The molecule has 1 aromatic rings. The highest BCUT2D eigenvalue weighted by Crippen LogP contribution is 2.25. The molecule has 0 spiro atoms. The fourth-order valence-electron chi connectivity index (χ4n) is 4.43. The standard InChI is InChI=1S/C22H35N3O/c1-24(21-12-14-23-15-13-21)18-22(26)25(16-19-8-4-2-5-9-19)17-20-10-6-3-7-11-20/h2,4-5,8-9,20-21,23H,3,6-7,10-18H2,1H3. The summed E-state index contributed by atoms with van der Waals surface area (Å²) >= 11 is 0. The van der Waals surface area contributed by atoms with E-state index in [0.29, 0.717) is 24.4 Å². The minimum Gasteiger partial charge on any atom is -0.337 e. The van der Waals surface area contributed by atoms with E-state index in [1.165, 1.54) is 37.7 Å². The van der Waals surface area contributed by atoms with Crippen LogP contribution in [0, 0.1) is 5.92 Å². The second kappa shape index (κ2) is 10.1. The molecule has 1 saturated carbocycles. The normalized spacial score (nSPS) is 19.6. The van der Waals surface area contributed by atoms with E-state index in [0.717, 1.165) is 39.0 Å². The highest BCUT2D eigenvalue weighted by Gasteiger charge is 2.25. The summed E-state index contributed by atoms with van der Waals surface area (Å²) in [6, 6.07) is 11.0. The van der Waals surface area contributed by atoms with Crippen LogP contribution in [0.25, 0.3) is 0 Å². The molecular weight excluding hydrogens is 322 g/mol. The highest BCUT2D eigenvalue weighted by atomic mass is 16.2. The molecular formula is C22H35N3O. The van der Waals surface area contributed by atoms with E-state index in [2.05, 4.69) is 46.4 Å². The summed E-state index contributed by atoms with van der Waals surface area (Å²) in [5, 5.41) is 3.41. The fourth-order valence-corrected chi connectivity index (χ4v) is 4.43. The van der Waals surface area contributed by atoms with Crippen LogP contribution < -0.4 is 5.32 Å². The van der Waals surface area contributed by atoms with E-state index in [9.17, 15) is 4.79 Å². The molecule has 0 aromatic heterocycles. The van der Waals surface area contributed by atoms with Crippen molar-refractivity contribution in [1.29, 1.82) is 0 Å². The lowest BCUT2D eigenvalue weighted by Gasteiger charge is -2.34. The Bertz CT molecular complexity index is 536. The molecule has 1 amide bonds. The Morgan fingerprint density at radius 2 is 1.73 bits per heavy atom. The van der Waals surface area contributed by atoms with Crippen molar-refractivity contribution in [3.05, 3.63) is 35.9 Å². The van der Waals surface area contributed by atoms with E-state index < -0.39 is 0 Å². The Kier molecular flexibility index (Phi) is 7.51. The van der Waals surface area contributed by atoms with Crippen molar-refractivity contribution in [3.8, 4) is 0 Å². The lowest BCUT2D eigenvalue weighted by atomic mass is 9.89. The van der Waals surface area contributed by atoms with Gasteiger partial charge in [0.25, 0.3) is 0 Å². The maximum atomic E-state index is 13.1. The monoisotopic (exact) mass is 357 g/mol. The molecule has 1 heterocycles. The van der Waals surface area contributed by atoms with E-state index >= 15 is 0 Å². The van der Waals surface area contributed by atoms with Crippen LogP contribution in [0.2, 0.25) is 0 Å². The molecule has 144 valence electrons. The van der Waals surface area contributed by atoms with E-state index in [1.54, 1.807) is 0 Å². The summed E-state index contributed by atoms with van der Waals surface area (Å²) in [6.45, 7) is 4.35. The average molecular weight is 358 g/mol. The van der Waals surface area contributed by atoms with Crippen LogP contribution in [0.4, 0.5) is 0 Å². The smallest absolute Gasteiger partial charge is 0.237 e. The molecule has 1 N–H and O–H groups in total. The van der Waals surface area contributed by atoms with E-state index in [4.69, 9.17) is 0 Å². The van der Waals surface area contributed by atoms with Crippen LogP contribution in [0.5, 0.6) is 0 Å². The van der Waals surface area contributed by atoms with Crippen molar-refractivity contribution < 1.29 is 4.79 Å². The molecule has 4 nitrogen and oxygen atoms in total. The minimum absolute atomic E-state index is 0.292. The van der Waals surface area contributed by atoms with Crippen LogP contribution >= 0.6 is 0 Å². The zero-order valence-corrected chi connectivity index (χ0v) is 16.3. The fraction of sp³-hybridized carbons (Fsp3) is 0.682. The summed E-state index contributed by atoms with van der Waals surface area (Å²) in [5.41, 5.74) is 1.24. The summed E-state index contributed by atoms with van der Waals surface area (Å²) < 4.78 is 0. The first-order valence-corrected chi connectivity index (χ1v) is 10.4. The molecule has 1 aliphatic heterocycles. The summed E-state index contributed by atoms with van der Waals surface area (Å²) in [6.07, 6.45) is 8.86. The van der Waals surface area contributed by atoms with Crippen LogP contribution in [0.3, 0.4) is 0 Å². The Morgan fingerprint density at radius 1 is 1.04 bits per heavy atom. The van der Waals surface area contributed by atoms with Gasteiger partial charge in [-0.1, -0.05) is 49.6 Å². The molecule has 1 aliphatic carbocycles. The lowest BCUT2D eigenvalue weighted by molar-refractivity contribution is -0.134. The molecule has 0 radical (unpaired) electrons. The minimum atomic E-state index is 0.292. The summed E-state index contributed by atoms with van der Waals surface area (Å²) in [7, 11) is 2.12. The van der Waals surface area contributed by atoms with Gasteiger partial charge in [0.05, 0.1) is 6.54 Å². The van der Waals surface area contributed by atoms with Crippen molar-refractivity contribution in [3.63, 3.8) is 0 Å². The third-order valence-corrected chi connectivity index (χ3v) is 6.09. The van der Waals surface area contributed by atoms with Gasteiger partial charge in [0.15, 0.2) is 0 Å². The van der Waals surface area contributed by atoms with Gasteiger partial charge in [-0.2, -0.15) is 0 Å². The summed E-state index contributed by atoms with van der Waals surface area (Å²) in [5.74, 6) is 0.973. The van der Waals surface area contributed by atoms with Crippen LogP contribution in [-0.4, -0.2) is 55.0 Å². The molecule has 0 unspecified atom stereocenters. The molecule has 3 rings (SSSR count). The Balaban J connectivity index is 1.61. The van der Waals surface area contributed by atoms with Gasteiger partial charge in [-0.25, -0.2) is 0 Å². The van der Waals surface area contributed by atoms with Gasteiger partial charge in [0.2, 0.25) is 5.91 Å². The number of hydrogen-bond acceptors (Lipinski definition) is 3. The molecule has 0 atom stereocenters. The lowest BCUT2D eigenvalue weighted by Crippen LogP contribution is -2.47. The first-order valence-electron chi connectivity index (χ1n) is 10.4. The number of benzene rings is 1. The third-order valence-electron chi connectivity index (χ3n) is 6.09. The number of amides is 1.